The minimum Gasteiger partial charge on any atom is -0.367 e. The van der Waals surface area contributed by atoms with E-state index in [9.17, 15) is 4.79 Å². The van der Waals surface area contributed by atoms with Crippen LogP contribution in [0.15, 0.2) is 6.20 Å². The predicted molar refractivity (Wildman–Crippen MR) is 79.9 cm³/mol. The van der Waals surface area contributed by atoms with Gasteiger partial charge < -0.3 is 15.4 Å². The van der Waals surface area contributed by atoms with Crippen molar-refractivity contribution in [2.75, 3.05) is 0 Å². The number of amides is 2. The van der Waals surface area contributed by atoms with Crippen LogP contribution in [0, 0.1) is 6.92 Å². The lowest BCUT2D eigenvalue weighted by atomic mass is 9.95. The van der Waals surface area contributed by atoms with Gasteiger partial charge in [0.15, 0.2) is 0 Å². The molecule has 0 bridgehead atoms. The number of carbonyl (C=O) groups excluding carboxylic acids is 1. The van der Waals surface area contributed by atoms with Gasteiger partial charge in [0.25, 0.3) is 0 Å². The highest BCUT2D eigenvalue weighted by molar-refractivity contribution is 7.11. The van der Waals surface area contributed by atoms with Crippen LogP contribution in [0.5, 0.6) is 0 Å². The Bertz CT molecular complexity index is 496. The number of aryl methyl sites for hydroxylation is 1. The van der Waals surface area contributed by atoms with Crippen LogP contribution >= 0.6 is 11.3 Å². The molecule has 1 aliphatic heterocycles. The molecule has 0 aromatic carbocycles. The summed E-state index contributed by atoms with van der Waals surface area (Å²) < 4.78 is 5.96. The summed E-state index contributed by atoms with van der Waals surface area (Å²) in [5.74, 6) is 0. The number of hydrogen-bond acceptors (Lipinski definition) is 4. The van der Waals surface area contributed by atoms with Crippen LogP contribution < -0.4 is 10.6 Å². The molecule has 20 heavy (non-hydrogen) atoms. The Hall–Kier alpha value is -1.14. The fourth-order valence-corrected chi connectivity index (χ4v) is 3.36. The highest BCUT2D eigenvalue weighted by Gasteiger charge is 2.46. The molecule has 1 aliphatic rings. The second-order valence-corrected chi connectivity index (χ2v) is 7.73. The van der Waals surface area contributed by atoms with Gasteiger partial charge in [0, 0.05) is 11.1 Å². The summed E-state index contributed by atoms with van der Waals surface area (Å²) in [6.07, 6.45) is 2.62. The number of urea groups is 1. The smallest absolute Gasteiger partial charge is 0.315 e. The van der Waals surface area contributed by atoms with Gasteiger partial charge in [-0.3, -0.25) is 0 Å². The molecule has 0 radical (unpaired) electrons. The van der Waals surface area contributed by atoms with E-state index in [2.05, 4.69) is 15.6 Å². The van der Waals surface area contributed by atoms with Gasteiger partial charge in [-0.1, -0.05) is 0 Å². The monoisotopic (exact) mass is 297 g/mol. The number of nitrogens with zero attached hydrogens (tertiary/aromatic N) is 1. The van der Waals surface area contributed by atoms with Gasteiger partial charge in [-0.25, -0.2) is 9.78 Å². The Morgan fingerprint density at radius 2 is 2.20 bits per heavy atom. The Labute approximate surface area is 124 Å². The van der Waals surface area contributed by atoms with Crippen LogP contribution in [0.3, 0.4) is 0 Å². The van der Waals surface area contributed by atoms with Crippen molar-refractivity contribution in [2.45, 2.75) is 64.8 Å². The van der Waals surface area contributed by atoms with E-state index in [4.69, 9.17) is 4.74 Å². The van der Waals surface area contributed by atoms with Crippen LogP contribution in [-0.4, -0.2) is 28.3 Å². The number of rotatable bonds is 3. The molecule has 6 heteroatoms. The zero-order chi connectivity index (χ0) is 15.0. The van der Waals surface area contributed by atoms with Crippen molar-refractivity contribution in [1.82, 2.24) is 15.6 Å². The van der Waals surface area contributed by atoms with E-state index in [1.165, 1.54) is 0 Å². The third-order valence-corrected chi connectivity index (χ3v) is 4.36. The van der Waals surface area contributed by atoms with E-state index < -0.39 is 0 Å². The van der Waals surface area contributed by atoms with Crippen LogP contribution in [0.4, 0.5) is 4.79 Å². The molecule has 2 amide bonds. The summed E-state index contributed by atoms with van der Waals surface area (Å²) in [5, 5.41) is 6.77. The Morgan fingerprint density at radius 3 is 2.70 bits per heavy atom. The molecule has 2 N–H and O–H groups in total. The van der Waals surface area contributed by atoms with Gasteiger partial charge in [-0.15, -0.1) is 11.3 Å². The zero-order valence-electron chi connectivity index (χ0n) is 12.7. The summed E-state index contributed by atoms with van der Waals surface area (Å²) in [4.78, 5) is 17.3. The lowest BCUT2D eigenvalue weighted by Gasteiger charge is -2.27. The number of aromatic nitrogens is 1. The first kappa shape index (κ1) is 15.3. The molecule has 1 fully saturated rings. The minimum absolute atomic E-state index is 0.00975. The second-order valence-electron chi connectivity index (χ2n) is 6.41. The van der Waals surface area contributed by atoms with Crippen molar-refractivity contribution in [3.8, 4) is 0 Å². The third kappa shape index (κ3) is 3.70. The van der Waals surface area contributed by atoms with Gasteiger partial charge >= 0.3 is 6.03 Å². The topological polar surface area (TPSA) is 63.2 Å². The molecular weight excluding hydrogens is 274 g/mol. The standard InChI is InChI=1S/C14H23N3O2S/c1-9-7-15-11(20-9)8-16-12(18)17-10-6-13(2,3)19-14(10,4)5/h7,10H,6,8H2,1-5H3,(H2,16,17,18)/t10-/m0/s1. The maximum absolute atomic E-state index is 12.0. The summed E-state index contributed by atoms with van der Waals surface area (Å²) in [7, 11) is 0. The van der Waals surface area contributed by atoms with E-state index >= 15 is 0 Å². The van der Waals surface area contributed by atoms with Gasteiger partial charge in [0.2, 0.25) is 0 Å². The molecule has 0 unspecified atom stereocenters. The maximum Gasteiger partial charge on any atom is 0.315 e. The Morgan fingerprint density at radius 1 is 1.50 bits per heavy atom. The summed E-state index contributed by atoms with van der Waals surface area (Å²) in [6.45, 7) is 10.6. The van der Waals surface area contributed by atoms with Gasteiger partial charge in [-0.2, -0.15) is 0 Å². The van der Waals surface area contributed by atoms with Crippen LogP contribution in [0.2, 0.25) is 0 Å². The van der Waals surface area contributed by atoms with Crippen LogP contribution in [-0.2, 0) is 11.3 Å². The van der Waals surface area contributed by atoms with E-state index in [-0.39, 0.29) is 23.3 Å². The molecule has 1 aromatic heterocycles. The number of carbonyl (C=O) groups is 1. The molecule has 112 valence electrons. The number of ether oxygens (including phenoxy) is 1. The van der Waals surface area contributed by atoms with E-state index in [1.807, 2.05) is 40.8 Å². The third-order valence-electron chi connectivity index (χ3n) is 3.45. The second kappa shape index (κ2) is 5.33. The number of hydrogen-bond donors (Lipinski definition) is 2. The lowest BCUT2D eigenvalue weighted by Crippen LogP contribution is -2.49. The fraction of sp³-hybridized carbons (Fsp3) is 0.714. The van der Waals surface area contributed by atoms with Crippen molar-refractivity contribution < 1.29 is 9.53 Å². The SMILES string of the molecule is Cc1cnc(CNC(=O)N[C@H]2CC(C)(C)OC2(C)C)s1. The Balaban J connectivity index is 1.85. The van der Waals surface area contributed by atoms with E-state index in [0.717, 1.165) is 16.3 Å². The van der Waals surface area contributed by atoms with Crippen molar-refractivity contribution in [2.24, 2.45) is 0 Å². The van der Waals surface area contributed by atoms with Crippen LogP contribution in [0.1, 0.15) is 44.0 Å². The molecule has 2 rings (SSSR count). The molecular formula is C14H23N3O2S. The molecule has 0 saturated carbocycles. The van der Waals surface area contributed by atoms with E-state index in [0.29, 0.717) is 6.54 Å². The quantitative estimate of drug-likeness (QED) is 0.901. The summed E-state index contributed by atoms with van der Waals surface area (Å²) in [5.41, 5.74) is -0.549. The zero-order valence-corrected chi connectivity index (χ0v) is 13.6. The minimum atomic E-state index is -0.349. The van der Waals surface area contributed by atoms with Crippen LogP contribution in [0.25, 0.3) is 0 Å². The molecule has 0 aliphatic carbocycles. The average Bonchev–Trinajstić information content (AvgIpc) is 2.77. The first-order valence-corrected chi connectivity index (χ1v) is 7.65. The van der Waals surface area contributed by atoms with Gasteiger partial charge in [-0.05, 0) is 41.0 Å². The average molecular weight is 297 g/mol. The van der Waals surface area contributed by atoms with Crippen molar-refractivity contribution in [1.29, 1.82) is 0 Å². The summed E-state index contributed by atoms with van der Waals surface area (Å²) in [6, 6.07) is -0.159. The molecule has 1 saturated heterocycles. The maximum atomic E-state index is 12.0. The van der Waals surface area contributed by atoms with E-state index in [1.54, 1.807) is 11.3 Å². The van der Waals surface area contributed by atoms with Crippen molar-refractivity contribution in [3.05, 3.63) is 16.1 Å². The number of thiazole rings is 1. The highest BCUT2D eigenvalue weighted by atomic mass is 32.1. The van der Waals surface area contributed by atoms with Crippen molar-refractivity contribution >= 4 is 17.4 Å². The van der Waals surface area contributed by atoms with Gasteiger partial charge in [0.05, 0.1) is 23.8 Å². The largest absolute Gasteiger partial charge is 0.367 e. The first-order chi connectivity index (χ1) is 9.18. The molecule has 1 aromatic rings. The normalized spacial score (nSPS) is 23.6. The number of nitrogens with one attached hydrogen (secondary N) is 2. The highest BCUT2D eigenvalue weighted by Crippen LogP contribution is 2.37. The Kier molecular flexibility index (Phi) is 4.07. The van der Waals surface area contributed by atoms with Crippen molar-refractivity contribution in [3.63, 3.8) is 0 Å². The summed E-state index contributed by atoms with van der Waals surface area (Å²) >= 11 is 1.59. The predicted octanol–water partition coefficient (Wildman–Crippen LogP) is 2.60. The molecule has 0 spiro atoms. The first-order valence-electron chi connectivity index (χ1n) is 6.84. The fourth-order valence-electron chi connectivity index (χ4n) is 2.64. The molecule has 1 atom stereocenters. The molecule has 2 heterocycles. The molecule has 5 nitrogen and oxygen atoms in total. The lowest BCUT2D eigenvalue weighted by molar-refractivity contribution is -0.0690. The van der Waals surface area contributed by atoms with Gasteiger partial charge in [0.1, 0.15) is 5.01 Å².